The molecule has 0 N–H and O–H groups in total. The highest BCUT2D eigenvalue weighted by atomic mass is 16.3. The van der Waals surface area contributed by atoms with E-state index in [1.54, 1.807) is 0 Å². The van der Waals surface area contributed by atoms with Crippen molar-refractivity contribution in [1.29, 1.82) is 0 Å². The van der Waals surface area contributed by atoms with Crippen molar-refractivity contribution in [3.05, 3.63) is 162 Å². The normalized spacial score (nSPS) is 11.9. The van der Waals surface area contributed by atoms with Crippen molar-refractivity contribution in [2.45, 2.75) is 53.4 Å². The van der Waals surface area contributed by atoms with Crippen LogP contribution >= 0.6 is 0 Å². The third kappa shape index (κ3) is 5.70. The average molecular weight is 702 g/mol. The number of fused-ring (bicyclic) bond motifs is 4. The highest BCUT2D eigenvalue weighted by Crippen LogP contribution is 2.44. The number of rotatable bonds is 7. The number of nitrogens with zero attached hydrogens (tertiary/aromatic N) is 3. The Labute approximate surface area is 316 Å². The second kappa shape index (κ2) is 13.3. The van der Waals surface area contributed by atoms with Gasteiger partial charge in [-0.05, 0) is 95.5 Å². The van der Waals surface area contributed by atoms with Crippen LogP contribution in [0.4, 0.5) is 0 Å². The number of benzene rings is 6. The number of aromatic nitrogens is 3. The van der Waals surface area contributed by atoms with E-state index in [0.717, 1.165) is 66.9 Å². The molecule has 0 saturated carbocycles. The summed E-state index contributed by atoms with van der Waals surface area (Å²) in [5.74, 6) is 1.33. The average Bonchev–Trinajstić information content (AvgIpc) is 3.77. The summed E-state index contributed by atoms with van der Waals surface area (Å²) in [6.45, 7) is 13.4. The van der Waals surface area contributed by atoms with Gasteiger partial charge in [0, 0.05) is 16.3 Å². The van der Waals surface area contributed by atoms with E-state index in [1.807, 2.05) is 6.07 Å². The van der Waals surface area contributed by atoms with Crippen LogP contribution in [0.2, 0.25) is 0 Å². The van der Waals surface area contributed by atoms with Crippen LogP contribution in [0.25, 0.3) is 83.6 Å². The lowest BCUT2D eigenvalue weighted by Gasteiger charge is -2.24. The molecule has 0 aliphatic carbocycles. The molecule has 0 aliphatic heterocycles. The SMILES string of the molecule is Cc1ccc(-c2ccc3c(c2)oc2c(-c4nc5c(C)nc(-c6ccccc6)cc5n4-c4c(C(C)C)cc(-c5ccccc5)cc4C(C)C)cccc23)cc1. The molecule has 0 unspecified atom stereocenters. The zero-order valence-electron chi connectivity index (χ0n) is 31.7. The van der Waals surface area contributed by atoms with Gasteiger partial charge in [0.2, 0.25) is 0 Å². The first-order chi connectivity index (χ1) is 26.2. The fourth-order valence-electron chi connectivity index (χ4n) is 7.91. The molecule has 0 saturated heterocycles. The van der Waals surface area contributed by atoms with Gasteiger partial charge in [0.25, 0.3) is 0 Å². The van der Waals surface area contributed by atoms with Crippen molar-refractivity contribution in [3.63, 3.8) is 0 Å². The third-order valence-electron chi connectivity index (χ3n) is 10.8. The maximum Gasteiger partial charge on any atom is 0.149 e. The summed E-state index contributed by atoms with van der Waals surface area (Å²) in [5, 5.41) is 2.16. The lowest BCUT2D eigenvalue weighted by atomic mass is 9.88. The first-order valence-corrected chi connectivity index (χ1v) is 19.0. The Hall–Kier alpha value is -6.26. The molecule has 3 aromatic heterocycles. The molecule has 0 fully saturated rings. The maximum atomic E-state index is 6.90. The molecule has 6 aromatic carbocycles. The number of hydrogen-bond acceptors (Lipinski definition) is 3. The fourth-order valence-corrected chi connectivity index (χ4v) is 7.91. The summed E-state index contributed by atoms with van der Waals surface area (Å²) in [5.41, 5.74) is 17.2. The summed E-state index contributed by atoms with van der Waals surface area (Å²) in [6, 6.07) is 49.8. The van der Waals surface area contributed by atoms with Gasteiger partial charge >= 0.3 is 0 Å². The van der Waals surface area contributed by atoms with Gasteiger partial charge in [0.05, 0.1) is 28.2 Å². The molecule has 0 spiro atoms. The minimum atomic E-state index is 0.241. The molecule has 0 atom stereocenters. The summed E-state index contributed by atoms with van der Waals surface area (Å²) >= 11 is 0. The van der Waals surface area contributed by atoms with E-state index in [9.17, 15) is 0 Å². The lowest BCUT2D eigenvalue weighted by molar-refractivity contribution is 0.669. The van der Waals surface area contributed by atoms with Crippen molar-refractivity contribution in [1.82, 2.24) is 14.5 Å². The number of hydrogen-bond donors (Lipinski definition) is 0. The zero-order valence-corrected chi connectivity index (χ0v) is 31.7. The standard InChI is InChI=1S/C50H43N3O/c1-30(2)42-26-38(34-14-9-7-10-15-34)27-43(31(3)4)48(42)53-45-29-44(36-16-11-8-12-17-36)51-33(6)47(45)52-50(53)41-19-13-18-40-39-25-24-37(28-46(39)54-49(40)41)35-22-20-32(5)21-23-35/h7-31H,1-6H3. The van der Waals surface area contributed by atoms with Crippen molar-refractivity contribution < 1.29 is 4.42 Å². The van der Waals surface area contributed by atoms with Crippen molar-refractivity contribution >= 4 is 33.0 Å². The highest BCUT2D eigenvalue weighted by molar-refractivity contribution is 6.10. The fraction of sp³-hybridized carbons (Fsp3) is 0.160. The molecule has 0 bridgehead atoms. The molecule has 264 valence electrons. The third-order valence-corrected chi connectivity index (χ3v) is 10.8. The first kappa shape index (κ1) is 33.6. The summed E-state index contributed by atoms with van der Waals surface area (Å²) in [4.78, 5) is 10.6. The molecule has 9 aromatic rings. The van der Waals surface area contributed by atoms with Crippen LogP contribution in [0.15, 0.2) is 144 Å². The molecular weight excluding hydrogens is 659 g/mol. The van der Waals surface area contributed by atoms with E-state index in [4.69, 9.17) is 14.4 Å². The molecule has 9 rings (SSSR count). The van der Waals surface area contributed by atoms with E-state index < -0.39 is 0 Å². The lowest BCUT2D eigenvalue weighted by Crippen LogP contribution is -2.09. The number of para-hydroxylation sites is 1. The number of imidazole rings is 1. The highest BCUT2D eigenvalue weighted by Gasteiger charge is 2.27. The Morgan fingerprint density at radius 2 is 1.17 bits per heavy atom. The summed E-state index contributed by atoms with van der Waals surface area (Å²) in [6.07, 6.45) is 0. The number of aryl methyl sites for hydroxylation is 2. The van der Waals surface area contributed by atoms with E-state index in [-0.39, 0.29) is 11.8 Å². The molecule has 0 radical (unpaired) electrons. The summed E-state index contributed by atoms with van der Waals surface area (Å²) < 4.78 is 9.31. The van der Waals surface area contributed by atoms with Crippen LogP contribution in [0, 0.1) is 13.8 Å². The largest absolute Gasteiger partial charge is 0.455 e. The van der Waals surface area contributed by atoms with Gasteiger partial charge in [-0.25, -0.2) is 4.98 Å². The van der Waals surface area contributed by atoms with Gasteiger partial charge in [-0.2, -0.15) is 0 Å². The number of pyridine rings is 1. The minimum Gasteiger partial charge on any atom is -0.455 e. The molecule has 54 heavy (non-hydrogen) atoms. The molecule has 4 heteroatoms. The Kier molecular flexibility index (Phi) is 8.27. The van der Waals surface area contributed by atoms with Crippen molar-refractivity contribution in [2.24, 2.45) is 0 Å². The quantitative estimate of drug-likeness (QED) is 0.166. The predicted octanol–water partition coefficient (Wildman–Crippen LogP) is 13.9. The first-order valence-electron chi connectivity index (χ1n) is 19.0. The Morgan fingerprint density at radius 1 is 0.537 bits per heavy atom. The molecular formula is C50H43N3O. The van der Waals surface area contributed by atoms with E-state index in [2.05, 4.69) is 180 Å². The van der Waals surface area contributed by atoms with Crippen LogP contribution in [0.5, 0.6) is 0 Å². The van der Waals surface area contributed by atoms with E-state index in [1.165, 1.54) is 39.1 Å². The van der Waals surface area contributed by atoms with Crippen LogP contribution in [-0.2, 0) is 0 Å². The summed E-state index contributed by atoms with van der Waals surface area (Å²) in [7, 11) is 0. The molecule has 0 aliphatic rings. The Balaban J connectivity index is 1.36. The second-order valence-electron chi connectivity index (χ2n) is 15.1. The Morgan fingerprint density at radius 3 is 1.83 bits per heavy atom. The Bertz CT molecular complexity index is 2790. The van der Waals surface area contributed by atoms with Crippen LogP contribution in [-0.4, -0.2) is 14.5 Å². The topological polar surface area (TPSA) is 43.9 Å². The van der Waals surface area contributed by atoms with Gasteiger partial charge in [-0.1, -0.05) is 136 Å². The maximum absolute atomic E-state index is 6.90. The van der Waals surface area contributed by atoms with E-state index >= 15 is 0 Å². The van der Waals surface area contributed by atoms with E-state index in [0.29, 0.717) is 0 Å². The molecule has 0 amide bonds. The van der Waals surface area contributed by atoms with Crippen molar-refractivity contribution in [2.75, 3.05) is 0 Å². The van der Waals surface area contributed by atoms with Gasteiger partial charge in [-0.3, -0.25) is 9.55 Å². The van der Waals surface area contributed by atoms with Crippen LogP contribution in [0.3, 0.4) is 0 Å². The van der Waals surface area contributed by atoms with Gasteiger partial charge in [0.15, 0.2) is 0 Å². The minimum absolute atomic E-state index is 0.241. The van der Waals surface area contributed by atoms with Crippen LogP contribution < -0.4 is 0 Å². The van der Waals surface area contributed by atoms with Gasteiger partial charge < -0.3 is 4.42 Å². The monoisotopic (exact) mass is 701 g/mol. The van der Waals surface area contributed by atoms with Gasteiger partial charge in [-0.15, -0.1) is 0 Å². The van der Waals surface area contributed by atoms with Crippen molar-refractivity contribution in [3.8, 4) is 50.6 Å². The number of furan rings is 1. The predicted molar refractivity (Wildman–Crippen MR) is 226 cm³/mol. The van der Waals surface area contributed by atoms with Crippen LogP contribution in [0.1, 0.15) is 61.9 Å². The zero-order chi connectivity index (χ0) is 37.1. The van der Waals surface area contributed by atoms with Gasteiger partial charge in [0.1, 0.15) is 22.5 Å². The molecule has 3 heterocycles. The molecule has 4 nitrogen and oxygen atoms in total. The smallest absolute Gasteiger partial charge is 0.149 e. The second-order valence-corrected chi connectivity index (χ2v) is 15.1.